The minimum Gasteiger partial charge on any atom is -0.496 e. The number of hydrogen-bond donors (Lipinski definition) is 1. The Morgan fingerprint density at radius 1 is 1.16 bits per heavy atom. The third-order valence-corrected chi connectivity index (χ3v) is 5.63. The van der Waals surface area contributed by atoms with Gasteiger partial charge in [0, 0.05) is 51.8 Å². The van der Waals surface area contributed by atoms with Crippen molar-refractivity contribution in [3.8, 4) is 22.6 Å². The van der Waals surface area contributed by atoms with Crippen molar-refractivity contribution in [2.24, 2.45) is 0 Å². The first-order valence-electron chi connectivity index (χ1n) is 10.6. The van der Waals surface area contributed by atoms with Crippen LogP contribution >= 0.6 is 0 Å². The summed E-state index contributed by atoms with van der Waals surface area (Å²) in [6.45, 7) is 2.65. The van der Waals surface area contributed by atoms with Gasteiger partial charge in [0.05, 0.1) is 32.0 Å². The number of carbonyl (C=O) groups excluding carboxylic acids is 2. The molecule has 1 saturated heterocycles. The number of hydrogen-bond acceptors (Lipinski definition) is 7. The summed E-state index contributed by atoms with van der Waals surface area (Å²) in [4.78, 5) is 36.6. The summed E-state index contributed by atoms with van der Waals surface area (Å²) in [5, 5.41) is 2.58. The normalized spacial score (nSPS) is 14.1. The van der Waals surface area contributed by atoms with Gasteiger partial charge in [-0.05, 0) is 25.0 Å². The van der Waals surface area contributed by atoms with Crippen molar-refractivity contribution in [1.29, 1.82) is 0 Å². The van der Waals surface area contributed by atoms with Gasteiger partial charge >= 0.3 is 0 Å². The first-order chi connectivity index (χ1) is 15.3. The Labute approximate surface area is 188 Å². The van der Waals surface area contributed by atoms with Crippen molar-refractivity contribution < 1.29 is 19.1 Å². The maximum Gasteiger partial charge on any atom is 0.241 e. The van der Waals surface area contributed by atoms with E-state index in [2.05, 4.69) is 10.3 Å². The minimum atomic E-state index is -0.208. The number of amides is 2. The van der Waals surface area contributed by atoms with Crippen LogP contribution in [0.3, 0.4) is 0 Å². The predicted molar refractivity (Wildman–Crippen MR) is 122 cm³/mol. The number of methoxy groups -OCH3 is 2. The number of ether oxygens (including phenoxy) is 2. The highest BCUT2D eigenvalue weighted by Crippen LogP contribution is 2.43. The second-order valence-electron chi connectivity index (χ2n) is 7.97. The maximum absolute atomic E-state index is 12.4. The van der Waals surface area contributed by atoms with E-state index >= 15 is 0 Å². The fourth-order valence-corrected chi connectivity index (χ4v) is 3.94. The Bertz CT molecular complexity index is 949. The van der Waals surface area contributed by atoms with Gasteiger partial charge in [-0.1, -0.05) is 6.07 Å². The second kappa shape index (κ2) is 10.3. The Morgan fingerprint density at radius 2 is 1.78 bits per heavy atom. The fraction of sp³-hybridized carbons (Fsp3) is 0.478. The van der Waals surface area contributed by atoms with Gasteiger partial charge in [-0.2, -0.15) is 0 Å². The zero-order valence-electron chi connectivity index (χ0n) is 19.3. The molecule has 2 aromatic rings. The lowest BCUT2D eigenvalue weighted by molar-refractivity contribution is -0.133. The summed E-state index contributed by atoms with van der Waals surface area (Å²) < 4.78 is 11.2. The van der Waals surface area contributed by atoms with Crippen molar-refractivity contribution >= 4 is 17.8 Å². The molecule has 9 heteroatoms. The predicted octanol–water partition coefficient (Wildman–Crippen LogP) is 2.07. The molecule has 1 fully saturated rings. The molecular weight excluding hydrogens is 410 g/mol. The van der Waals surface area contributed by atoms with Crippen LogP contribution in [-0.4, -0.2) is 74.6 Å². The molecule has 2 amide bonds. The van der Waals surface area contributed by atoms with Gasteiger partial charge in [0.2, 0.25) is 17.8 Å². The summed E-state index contributed by atoms with van der Waals surface area (Å²) in [6, 6.07) is 5.67. The molecule has 0 atom stereocenters. The number of aromatic nitrogens is 2. The van der Waals surface area contributed by atoms with E-state index in [9.17, 15) is 9.59 Å². The number of nitrogens with one attached hydrogen (secondary N) is 1. The summed E-state index contributed by atoms with van der Waals surface area (Å²) in [5.41, 5.74) is 2.61. The minimum absolute atomic E-state index is 0.0297. The van der Waals surface area contributed by atoms with Gasteiger partial charge in [-0.25, -0.2) is 9.97 Å². The summed E-state index contributed by atoms with van der Waals surface area (Å²) >= 11 is 0. The zero-order chi connectivity index (χ0) is 23.3. The van der Waals surface area contributed by atoms with Gasteiger partial charge in [0.1, 0.15) is 11.5 Å². The largest absolute Gasteiger partial charge is 0.496 e. The molecule has 1 N–H and O–H groups in total. The smallest absolute Gasteiger partial charge is 0.241 e. The molecule has 9 nitrogen and oxygen atoms in total. The lowest BCUT2D eigenvalue weighted by Crippen LogP contribution is -2.43. The quantitative estimate of drug-likeness (QED) is 0.703. The van der Waals surface area contributed by atoms with Crippen LogP contribution in [0.15, 0.2) is 24.4 Å². The molecular formula is C23H31N5O4. The lowest BCUT2D eigenvalue weighted by Gasteiger charge is -2.33. The van der Waals surface area contributed by atoms with Crippen LogP contribution in [0.25, 0.3) is 11.1 Å². The molecule has 0 aliphatic carbocycles. The van der Waals surface area contributed by atoms with E-state index in [4.69, 9.17) is 14.5 Å². The van der Waals surface area contributed by atoms with Crippen LogP contribution in [-0.2, 0) is 9.59 Å². The highest BCUT2D eigenvalue weighted by atomic mass is 16.5. The fourth-order valence-electron chi connectivity index (χ4n) is 3.94. The van der Waals surface area contributed by atoms with Crippen LogP contribution in [0.5, 0.6) is 11.5 Å². The number of rotatable bonds is 7. The first-order valence-corrected chi connectivity index (χ1v) is 10.6. The molecule has 0 bridgehead atoms. The number of carbonyl (C=O) groups is 2. The summed E-state index contributed by atoms with van der Waals surface area (Å²) in [5.74, 6) is 1.88. The van der Waals surface area contributed by atoms with E-state index in [1.807, 2.05) is 43.4 Å². The van der Waals surface area contributed by atoms with Crippen LogP contribution < -0.4 is 19.7 Å². The number of benzene rings is 1. The lowest BCUT2D eigenvalue weighted by atomic mass is 9.88. The van der Waals surface area contributed by atoms with Crippen LogP contribution in [0.2, 0.25) is 0 Å². The average Bonchev–Trinajstić information content (AvgIpc) is 2.81. The van der Waals surface area contributed by atoms with E-state index in [-0.39, 0.29) is 24.3 Å². The number of piperidine rings is 1. The van der Waals surface area contributed by atoms with Crippen molar-refractivity contribution in [1.82, 2.24) is 20.2 Å². The van der Waals surface area contributed by atoms with Crippen LogP contribution in [0.4, 0.5) is 5.95 Å². The Hall–Kier alpha value is -3.36. The molecule has 32 heavy (non-hydrogen) atoms. The second-order valence-corrected chi connectivity index (χ2v) is 7.97. The SMILES string of the molecule is COc1cccc(OC)c1-c1cnc(N(C)C)nc1C1CCN(C(=O)CNC(C)=O)CC1. The molecule has 3 rings (SSSR count). The standard InChI is InChI=1S/C23H31N5O4/c1-15(29)24-14-20(30)28-11-9-16(10-12-28)22-17(13-25-23(26-22)27(2)3)21-18(31-4)7-6-8-19(21)32-5/h6-8,13,16H,9-12,14H2,1-5H3,(H,24,29). The number of anilines is 1. The average molecular weight is 442 g/mol. The van der Waals surface area contributed by atoms with E-state index in [0.29, 0.717) is 30.5 Å². The maximum atomic E-state index is 12.4. The number of nitrogens with zero attached hydrogens (tertiary/aromatic N) is 4. The van der Waals surface area contributed by atoms with Crippen molar-refractivity contribution in [3.63, 3.8) is 0 Å². The summed E-state index contributed by atoms with van der Waals surface area (Å²) in [7, 11) is 7.08. The van der Waals surface area contributed by atoms with Crippen LogP contribution in [0, 0.1) is 0 Å². The molecule has 0 unspecified atom stereocenters. The first kappa shape index (κ1) is 23.3. The van der Waals surface area contributed by atoms with Crippen molar-refractivity contribution in [2.45, 2.75) is 25.7 Å². The molecule has 1 aliphatic heterocycles. The molecule has 0 spiro atoms. The molecule has 172 valence electrons. The van der Waals surface area contributed by atoms with Gasteiger partial charge in [-0.3, -0.25) is 9.59 Å². The number of likely N-dealkylation sites (tertiary alicyclic amines) is 1. The van der Waals surface area contributed by atoms with Gasteiger partial charge < -0.3 is 24.6 Å². The highest BCUT2D eigenvalue weighted by Gasteiger charge is 2.29. The Kier molecular flexibility index (Phi) is 7.50. The van der Waals surface area contributed by atoms with Crippen molar-refractivity contribution in [2.75, 3.05) is 52.8 Å². The van der Waals surface area contributed by atoms with E-state index in [1.54, 1.807) is 19.1 Å². The van der Waals surface area contributed by atoms with Crippen LogP contribution in [0.1, 0.15) is 31.4 Å². The zero-order valence-corrected chi connectivity index (χ0v) is 19.3. The van der Waals surface area contributed by atoms with Gasteiger partial charge in [0.25, 0.3) is 0 Å². The topological polar surface area (TPSA) is 96.9 Å². The molecule has 1 aliphatic rings. The monoisotopic (exact) mass is 441 g/mol. The molecule has 2 heterocycles. The Morgan fingerprint density at radius 3 is 2.31 bits per heavy atom. The summed E-state index contributed by atoms with van der Waals surface area (Å²) in [6.07, 6.45) is 3.35. The van der Waals surface area contributed by atoms with Gasteiger partial charge in [0.15, 0.2) is 0 Å². The molecule has 0 saturated carbocycles. The third-order valence-electron chi connectivity index (χ3n) is 5.63. The van der Waals surface area contributed by atoms with Crippen molar-refractivity contribution in [3.05, 3.63) is 30.1 Å². The molecule has 1 aromatic heterocycles. The van der Waals surface area contributed by atoms with E-state index in [0.717, 1.165) is 29.7 Å². The third kappa shape index (κ3) is 5.09. The highest BCUT2D eigenvalue weighted by molar-refractivity contribution is 5.84. The molecule has 1 aromatic carbocycles. The van der Waals surface area contributed by atoms with E-state index in [1.165, 1.54) is 6.92 Å². The van der Waals surface area contributed by atoms with Gasteiger partial charge in [-0.15, -0.1) is 0 Å². The Balaban J connectivity index is 1.93. The molecule has 0 radical (unpaired) electrons. The van der Waals surface area contributed by atoms with E-state index < -0.39 is 0 Å².